The maximum absolute atomic E-state index is 9.47. The minimum Gasteiger partial charge on any atom is -0.484 e. The number of aromatic nitrogens is 3. The van der Waals surface area contributed by atoms with E-state index in [0.29, 0.717) is 17.4 Å². The third-order valence-electron chi connectivity index (χ3n) is 2.79. The minimum absolute atomic E-state index is 0.307. The summed E-state index contributed by atoms with van der Waals surface area (Å²) in [5.74, 6) is 1.31. The maximum Gasteiger partial charge on any atom is 0.164 e. The standard InChI is InChI=1S/C13H16ClN3O2/c1-3-17-13(15-8-16-17)7-19-12-5-4-10(9(2)18)6-11(12)14/h4-6,8-9,18H,3,7H2,1-2H3. The highest BCUT2D eigenvalue weighted by Crippen LogP contribution is 2.28. The van der Waals surface area contributed by atoms with Gasteiger partial charge in [-0.05, 0) is 31.5 Å². The molecule has 0 saturated heterocycles. The highest BCUT2D eigenvalue weighted by atomic mass is 35.5. The third-order valence-corrected chi connectivity index (χ3v) is 3.09. The van der Waals surface area contributed by atoms with Crippen molar-refractivity contribution in [2.24, 2.45) is 0 Å². The SMILES string of the molecule is CCn1ncnc1COc1ccc(C(C)O)cc1Cl. The second-order valence-corrected chi connectivity index (χ2v) is 4.55. The van der Waals surface area contributed by atoms with Gasteiger partial charge in [0.2, 0.25) is 0 Å². The highest BCUT2D eigenvalue weighted by Gasteiger charge is 2.08. The van der Waals surface area contributed by atoms with Crippen molar-refractivity contribution in [1.29, 1.82) is 0 Å². The molecule has 0 aliphatic carbocycles. The van der Waals surface area contributed by atoms with Gasteiger partial charge in [-0.15, -0.1) is 0 Å². The summed E-state index contributed by atoms with van der Waals surface area (Å²) in [4.78, 5) is 4.12. The second-order valence-electron chi connectivity index (χ2n) is 4.15. The Morgan fingerprint density at radius 2 is 2.26 bits per heavy atom. The monoisotopic (exact) mass is 281 g/mol. The average molecular weight is 282 g/mol. The van der Waals surface area contributed by atoms with Gasteiger partial charge >= 0.3 is 0 Å². The number of rotatable bonds is 5. The van der Waals surface area contributed by atoms with E-state index < -0.39 is 6.10 Å². The molecule has 19 heavy (non-hydrogen) atoms. The summed E-state index contributed by atoms with van der Waals surface area (Å²) in [6, 6.07) is 5.24. The van der Waals surface area contributed by atoms with Crippen LogP contribution in [0.15, 0.2) is 24.5 Å². The molecule has 1 atom stereocenters. The van der Waals surface area contributed by atoms with Gasteiger partial charge in [-0.25, -0.2) is 9.67 Å². The van der Waals surface area contributed by atoms with E-state index in [9.17, 15) is 5.11 Å². The lowest BCUT2D eigenvalue weighted by Crippen LogP contribution is -2.07. The van der Waals surface area contributed by atoms with Crippen LogP contribution in [-0.2, 0) is 13.2 Å². The second kappa shape index (κ2) is 6.04. The lowest BCUT2D eigenvalue weighted by Gasteiger charge is -2.10. The molecule has 1 aromatic carbocycles. The first-order valence-corrected chi connectivity index (χ1v) is 6.46. The predicted octanol–water partition coefficient (Wildman–Crippen LogP) is 2.58. The van der Waals surface area contributed by atoms with Gasteiger partial charge < -0.3 is 9.84 Å². The molecule has 0 fully saturated rings. The molecule has 102 valence electrons. The molecule has 0 radical (unpaired) electrons. The number of aryl methyl sites for hydroxylation is 1. The Bertz CT molecular complexity index is 555. The number of aliphatic hydroxyl groups excluding tert-OH is 1. The minimum atomic E-state index is -0.547. The molecule has 6 heteroatoms. The molecule has 0 aliphatic heterocycles. The zero-order chi connectivity index (χ0) is 13.8. The first-order valence-electron chi connectivity index (χ1n) is 6.08. The fourth-order valence-electron chi connectivity index (χ4n) is 1.70. The summed E-state index contributed by atoms with van der Waals surface area (Å²) < 4.78 is 7.38. The molecule has 2 aromatic rings. The molecule has 0 spiro atoms. The van der Waals surface area contributed by atoms with Crippen LogP contribution in [0, 0.1) is 0 Å². The molecule has 1 aromatic heterocycles. The zero-order valence-corrected chi connectivity index (χ0v) is 11.6. The number of nitrogens with zero attached hydrogens (tertiary/aromatic N) is 3. The molecule has 5 nitrogen and oxygen atoms in total. The average Bonchev–Trinajstić information content (AvgIpc) is 2.84. The van der Waals surface area contributed by atoms with Crippen LogP contribution in [0.5, 0.6) is 5.75 Å². The van der Waals surface area contributed by atoms with Crippen molar-refractivity contribution >= 4 is 11.6 Å². The topological polar surface area (TPSA) is 60.2 Å². The van der Waals surface area contributed by atoms with Gasteiger partial charge in [0, 0.05) is 6.54 Å². The van der Waals surface area contributed by atoms with Crippen molar-refractivity contribution in [2.75, 3.05) is 0 Å². The summed E-state index contributed by atoms with van der Waals surface area (Å²) in [5, 5.41) is 14.0. The van der Waals surface area contributed by atoms with Crippen molar-refractivity contribution in [3.05, 3.63) is 40.9 Å². The molecule has 1 unspecified atom stereocenters. The quantitative estimate of drug-likeness (QED) is 0.915. The Morgan fingerprint density at radius 3 is 2.89 bits per heavy atom. The molecule has 0 amide bonds. The van der Waals surface area contributed by atoms with E-state index in [4.69, 9.17) is 16.3 Å². The lowest BCUT2D eigenvalue weighted by atomic mass is 10.1. The molecule has 0 aliphatic rings. The van der Waals surface area contributed by atoms with Gasteiger partial charge in [0.1, 0.15) is 18.7 Å². The van der Waals surface area contributed by atoms with Crippen LogP contribution in [0.2, 0.25) is 5.02 Å². The zero-order valence-electron chi connectivity index (χ0n) is 10.9. The van der Waals surface area contributed by atoms with E-state index in [1.165, 1.54) is 6.33 Å². The van der Waals surface area contributed by atoms with Gasteiger partial charge in [-0.2, -0.15) is 5.10 Å². The number of hydrogen-bond donors (Lipinski definition) is 1. The number of ether oxygens (including phenoxy) is 1. The van der Waals surface area contributed by atoms with Gasteiger partial charge in [-0.3, -0.25) is 0 Å². The van der Waals surface area contributed by atoms with E-state index in [1.54, 1.807) is 29.8 Å². The molecular weight excluding hydrogens is 266 g/mol. The maximum atomic E-state index is 9.47. The van der Waals surface area contributed by atoms with E-state index in [2.05, 4.69) is 10.1 Å². The van der Waals surface area contributed by atoms with Gasteiger partial charge in [0.15, 0.2) is 5.82 Å². The van der Waals surface area contributed by atoms with Gasteiger partial charge in [-0.1, -0.05) is 17.7 Å². The Balaban J connectivity index is 2.08. The van der Waals surface area contributed by atoms with Gasteiger partial charge in [0.25, 0.3) is 0 Å². The molecular formula is C13H16ClN3O2. The summed E-state index contributed by atoms with van der Waals surface area (Å²) in [6.45, 7) is 4.73. The fourth-order valence-corrected chi connectivity index (χ4v) is 1.94. The van der Waals surface area contributed by atoms with Crippen molar-refractivity contribution in [3.8, 4) is 5.75 Å². The van der Waals surface area contributed by atoms with Crippen LogP contribution in [0.1, 0.15) is 31.3 Å². The summed E-state index contributed by atoms with van der Waals surface area (Å²) >= 11 is 6.11. The summed E-state index contributed by atoms with van der Waals surface area (Å²) in [6.07, 6.45) is 0.954. The molecule has 0 bridgehead atoms. The van der Waals surface area contributed by atoms with E-state index >= 15 is 0 Å². The first-order chi connectivity index (χ1) is 9.11. The fraction of sp³-hybridized carbons (Fsp3) is 0.385. The molecule has 1 heterocycles. The Hall–Kier alpha value is -1.59. The van der Waals surface area contributed by atoms with Crippen LogP contribution in [0.4, 0.5) is 0 Å². The van der Waals surface area contributed by atoms with Crippen LogP contribution in [0.25, 0.3) is 0 Å². The van der Waals surface area contributed by atoms with Crippen molar-refractivity contribution in [1.82, 2.24) is 14.8 Å². The number of aliphatic hydroxyl groups is 1. The van der Waals surface area contributed by atoms with E-state index in [-0.39, 0.29) is 0 Å². The van der Waals surface area contributed by atoms with Crippen LogP contribution >= 0.6 is 11.6 Å². The molecule has 2 rings (SSSR count). The number of benzene rings is 1. The Kier molecular flexibility index (Phi) is 4.39. The van der Waals surface area contributed by atoms with Gasteiger partial charge in [0.05, 0.1) is 11.1 Å². The van der Waals surface area contributed by atoms with Crippen molar-refractivity contribution in [2.45, 2.75) is 33.1 Å². The lowest BCUT2D eigenvalue weighted by molar-refractivity contribution is 0.199. The van der Waals surface area contributed by atoms with E-state index in [1.807, 2.05) is 6.92 Å². The Labute approximate surface area is 116 Å². The summed E-state index contributed by atoms with van der Waals surface area (Å²) in [5.41, 5.74) is 0.758. The third kappa shape index (κ3) is 3.24. The van der Waals surface area contributed by atoms with Crippen LogP contribution in [0.3, 0.4) is 0 Å². The van der Waals surface area contributed by atoms with E-state index in [0.717, 1.165) is 17.9 Å². The van der Waals surface area contributed by atoms with Crippen molar-refractivity contribution < 1.29 is 9.84 Å². The smallest absolute Gasteiger partial charge is 0.164 e. The number of hydrogen-bond acceptors (Lipinski definition) is 4. The first kappa shape index (κ1) is 13.8. The highest BCUT2D eigenvalue weighted by molar-refractivity contribution is 6.32. The Morgan fingerprint density at radius 1 is 1.47 bits per heavy atom. The largest absolute Gasteiger partial charge is 0.484 e. The normalized spacial score (nSPS) is 12.4. The van der Waals surface area contributed by atoms with Crippen LogP contribution in [-0.4, -0.2) is 19.9 Å². The summed E-state index contributed by atoms with van der Waals surface area (Å²) in [7, 11) is 0. The number of halogens is 1. The molecule has 1 N–H and O–H groups in total. The van der Waals surface area contributed by atoms with Crippen LogP contribution < -0.4 is 4.74 Å². The van der Waals surface area contributed by atoms with Crippen molar-refractivity contribution in [3.63, 3.8) is 0 Å². The predicted molar refractivity (Wildman–Crippen MR) is 72.1 cm³/mol. The molecule has 0 saturated carbocycles.